The van der Waals surface area contributed by atoms with Gasteiger partial charge in [-0.1, -0.05) is 48.5 Å². The second kappa shape index (κ2) is 13.1. The molecule has 0 radical (unpaired) electrons. The molecule has 2 aliphatic carbocycles. The van der Waals surface area contributed by atoms with Crippen LogP contribution in [0.3, 0.4) is 0 Å². The van der Waals surface area contributed by atoms with E-state index >= 15 is 8.78 Å². The monoisotopic (exact) mass is 806 g/mol. The Kier molecular flexibility index (Phi) is 8.13. The number of nitrogens with zero attached hydrogens (tertiary/aromatic N) is 8. The van der Waals surface area contributed by atoms with Crippen molar-refractivity contribution in [3.05, 3.63) is 141 Å². The molecule has 0 spiro atoms. The quantitative estimate of drug-likeness (QED) is 0.0953. The second-order valence-corrected chi connectivity index (χ2v) is 13.5. The summed E-state index contributed by atoms with van der Waals surface area (Å²) in [6.07, 6.45) is -9.15. The summed E-state index contributed by atoms with van der Waals surface area (Å²) < 4.78 is 113. The lowest BCUT2D eigenvalue weighted by atomic mass is 9.96. The van der Waals surface area contributed by atoms with Gasteiger partial charge in [-0.15, -0.1) is 0 Å². The molecule has 60 heavy (non-hydrogen) atoms. The zero-order chi connectivity index (χ0) is 42.4. The van der Waals surface area contributed by atoms with Crippen LogP contribution in [0.2, 0.25) is 0 Å². The number of aromatic nitrogens is 4. The lowest BCUT2D eigenvalue weighted by Crippen LogP contribution is -2.04. The van der Waals surface area contributed by atoms with Crippen molar-refractivity contribution < 1.29 is 35.1 Å². The highest BCUT2D eigenvalue weighted by Crippen LogP contribution is 2.49. The van der Waals surface area contributed by atoms with Gasteiger partial charge in [-0.25, -0.2) is 28.7 Å². The molecule has 7 aromatic rings. The summed E-state index contributed by atoms with van der Waals surface area (Å²) in [7, 11) is 0. The Balaban J connectivity index is 1.23. The zero-order valence-electron chi connectivity index (χ0n) is 29.7. The van der Waals surface area contributed by atoms with Crippen LogP contribution in [0, 0.1) is 57.0 Å². The van der Waals surface area contributed by atoms with Gasteiger partial charge >= 0.3 is 12.4 Å². The van der Waals surface area contributed by atoms with Gasteiger partial charge in [0.15, 0.2) is 11.6 Å². The van der Waals surface area contributed by atoms with Crippen molar-refractivity contribution in [1.29, 1.82) is 21.0 Å². The number of halogens is 8. The van der Waals surface area contributed by atoms with Crippen molar-refractivity contribution in [2.24, 2.45) is 0 Å². The first-order valence-electron chi connectivity index (χ1n) is 17.3. The molecule has 2 heterocycles. The lowest BCUT2D eigenvalue weighted by Gasteiger charge is -2.10. The minimum absolute atomic E-state index is 0.0405. The normalized spacial score (nSPS) is 12.5. The van der Waals surface area contributed by atoms with Gasteiger partial charge in [0.2, 0.25) is 0 Å². The molecule has 9 rings (SSSR count). The Bertz CT molecular complexity index is 3080. The first kappa shape index (κ1) is 37.2. The van der Waals surface area contributed by atoms with Crippen LogP contribution in [0.1, 0.15) is 33.6 Å². The van der Waals surface area contributed by atoms with Crippen LogP contribution >= 0.6 is 0 Å². The summed E-state index contributed by atoms with van der Waals surface area (Å²) in [4.78, 5) is 17.6. The summed E-state index contributed by atoms with van der Waals surface area (Å²) in [5.41, 5.74) is -3.26. The van der Waals surface area contributed by atoms with Gasteiger partial charge < -0.3 is 0 Å². The number of hydrogen-bond donors (Lipinski definition) is 0. The Morgan fingerprint density at radius 2 is 0.700 bits per heavy atom. The van der Waals surface area contributed by atoms with E-state index in [1.807, 2.05) is 0 Å². The molecule has 0 unspecified atom stereocenters. The van der Waals surface area contributed by atoms with Gasteiger partial charge in [-0.2, -0.15) is 47.4 Å². The van der Waals surface area contributed by atoms with Crippen molar-refractivity contribution in [1.82, 2.24) is 19.9 Å². The average molecular weight is 807 g/mol. The molecule has 0 bridgehead atoms. The molecule has 2 aromatic heterocycles. The molecule has 0 fully saturated rings. The molecule has 0 saturated heterocycles. The van der Waals surface area contributed by atoms with Crippen molar-refractivity contribution in [3.63, 3.8) is 0 Å². The van der Waals surface area contributed by atoms with E-state index in [-0.39, 0.29) is 56.2 Å². The van der Waals surface area contributed by atoms with Crippen molar-refractivity contribution >= 4 is 33.2 Å². The smallest absolute Gasteiger partial charge is 0.241 e. The largest absolute Gasteiger partial charge is 0.416 e. The zero-order valence-corrected chi connectivity index (χ0v) is 29.7. The summed E-state index contributed by atoms with van der Waals surface area (Å²) in [5.74, 6) is -2.38. The molecule has 16 heteroatoms. The van der Waals surface area contributed by atoms with Crippen LogP contribution < -0.4 is 0 Å². The molecule has 0 saturated carbocycles. The lowest BCUT2D eigenvalue weighted by molar-refractivity contribution is -0.138. The number of allylic oxidation sites excluding steroid dienone is 2. The van der Waals surface area contributed by atoms with Crippen LogP contribution in [-0.2, 0) is 12.4 Å². The molecular weight excluding hydrogens is 793 g/mol. The predicted molar refractivity (Wildman–Crippen MR) is 199 cm³/mol. The average Bonchev–Trinajstić information content (AvgIpc) is 3.73. The fourth-order valence-corrected chi connectivity index (χ4v) is 7.44. The third-order valence-electron chi connectivity index (χ3n) is 10.2. The van der Waals surface area contributed by atoms with E-state index in [4.69, 9.17) is 0 Å². The van der Waals surface area contributed by atoms with Crippen molar-refractivity contribution in [2.75, 3.05) is 0 Å². The number of fused-ring (bicyclic) bond motifs is 8. The molecule has 0 N–H and O–H groups in total. The highest BCUT2D eigenvalue weighted by Gasteiger charge is 2.36. The number of alkyl halides is 6. The molecular formula is C44H14F8N8. The second-order valence-electron chi connectivity index (χ2n) is 13.5. The maximum Gasteiger partial charge on any atom is 0.416 e. The van der Waals surface area contributed by atoms with Crippen LogP contribution in [0.15, 0.2) is 96.1 Å². The van der Waals surface area contributed by atoms with Gasteiger partial charge in [0, 0.05) is 22.3 Å². The topological polar surface area (TPSA) is 147 Å². The standard InChI is InChI=1S/C44H14F8N8/c45-33-39-41(59-37-31(23(15-53)16-54)29-13-21(5-11-27(29)35(37)57-39)19-1-7-25(8-2-19)43(47,48)49)34(46)40-42(33)60-38-32(24(17-55)18-56)30-14-22(6-12-28(30)36(38)58-40)20-3-9-26(10-4-20)44(50,51)52/h1-14H. The molecule has 0 aliphatic heterocycles. The summed E-state index contributed by atoms with van der Waals surface area (Å²) in [5, 5.41) is 39.8. The van der Waals surface area contributed by atoms with E-state index in [9.17, 15) is 47.4 Å². The fraction of sp³-hybridized carbons (Fsp3) is 0.0455. The highest BCUT2D eigenvalue weighted by atomic mass is 19.4. The summed E-state index contributed by atoms with van der Waals surface area (Å²) in [6.45, 7) is 0. The third kappa shape index (κ3) is 5.54. The van der Waals surface area contributed by atoms with Gasteiger partial charge in [0.25, 0.3) is 0 Å². The number of nitriles is 4. The van der Waals surface area contributed by atoms with Gasteiger partial charge in [-0.05, 0) is 69.8 Å². The van der Waals surface area contributed by atoms with Crippen LogP contribution in [0.25, 0.3) is 78.0 Å². The van der Waals surface area contributed by atoms with Crippen LogP contribution in [-0.4, -0.2) is 19.9 Å². The Labute approximate surface area is 331 Å². The summed E-state index contributed by atoms with van der Waals surface area (Å²) >= 11 is 0. The maximum absolute atomic E-state index is 16.8. The Morgan fingerprint density at radius 3 is 1.00 bits per heavy atom. The fourth-order valence-electron chi connectivity index (χ4n) is 7.44. The third-order valence-corrected chi connectivity index (χ3v) is 10.2. The summed E-state index contributed by atoms with van der Waals surface area (Å²) in [6, 6.07) is 24.8. The SMILES string of the molecule is N#CC(C#N)=C1c2cc(-c3ccc(C(F)(F)F)cc3)ccc2-c2nc3c(F)c4nc5c(nc4c(F)c3nc21)-c1ccc(-c2ccc(C(F)(F)F)cc2)cc1C5=C(C#N)C#N. The van der Waals surface area contributed by atoms with E-state index in [2.05, 4.69) is 19.9 Å². The molecule has 286 valence electrons. The maximum atomic E-state index is 16.8. The van der Waals surface area contributed by atoms with Crippen LogP contribution in [0.5, 0.6) is 0 Å². The first-order chi connectivity index (χ1) is 28.7. The van der Waals surface area contributed by atoms with Crippen molar-refractivity contribution in [3.8, 4) is 69.0 Å². The Morgan fingerprint density at radius 1 is 0.400 bits per heavy atom. The van der Waals surface area contributed by atoms with Crippen LogP contribution in [0.4, 0.5) is 35.1 Å². The minimum Gasteiger partial charge on any atom is -0.241 e. The van der Waals surface area contributed by atoms with Gasteiger partial charge in [0.1, 0.15) is 68.9 Å². The molecule has 0 amide bonds. The number of benzene rings is 5. The molecule has 5 aromatic carbocycles. The van der Waals surface area contributed by atoms with E-state index < -0.39 is 68.3 Å². The van der Waals surface area contributed by atoms with Crippen molar-refractivity contribution in [2.45, 2.75) is 12.4 Å². The minimum atomic E-state index is -4.58. The van der Waals surface area contributed by atoms with Gasteiger partial charge in [0.05, 0.1) is 22.5 Å². The van der Waals surface area contributed by atoms with E-state index in [1.54, 1.807) is 36.4 Å². The molecule has 2 aliphatic rings. The van der Waals surface area contributed by atoms with Gasteiger partial charge in [-0.3, -0.25) is 0 Å². The molecule has 0 atom stereocenters. The highest BCUT2D eigenvalue weighted by molar-refractivity contribution is 6.07. The van der Waals surface area contributed by atoms with E-state index in [1.165, 1.54) is 48.5 Å². The number of rotatable bonds is 2. The predicted octanol–water partition coefficient (Wildman–Crippen LogP) is 10.9. The number of hydrogen-bond acceptors (Lipinski definition) is 8. The van der Waals surface area contributed by atoms with E-state index in [0.717, 1.165) is 24.3 Å². The first-order valence-corrected chi connectivity index (χ1v) is 17.3. The Hall–Kier alpha value is -8.34. The van der Waals surface area contributed by atoms with E-state index in [0.29, 0.717) is 22.3 Å². The molecule has 8 nitrogen and oxygen atoms in total.